The minimum atomic E-state index is -4.60. The molecule has 0 amide bonds. The predicted molar refractivity (Wildman–Crippen MR) is 92.9 cm³/mol. The second-order valence-corrected chi connectivity index (χ2v) is 7.07. The summed E-state index contributed by atoms with van der Waals surface area (Å²) >= 11 is 0. The zero-order valence-corrected chi connectivity index (χ0v) is 15.2. The summed E-state index contributed by atoms with van der Waals surface area (Å²) in [5, 5.41) is 18.3. The SMILES string of the molecule is CN1CCCCCCC(C)(O)c2nnc(o2)-c2nc1c(C(F)(F)F)cc2N. The van der Waals surface area contributed by atoms with Gasteiger partial charge in [-0.05, 0) is 25.8 Å². The fourth-order valence-corrected chi connectivity index (χ4v) is 3.11. The van der Waals surface area contributed by atoms with Crippen LogP contribution in [0.15, 0.2) is 10.5 Å². The second kappa shape index (κ2) is 6.99. The van der Waals surface area contributed by atoms with Gasteiger partial charge >= 0.3 is 6.18 Å². The Balaban J connectivity index is 2.15. The van der Waals surface area contributed by atoms with E-state index in [2.05, 4.69) is 15.2 Å². The molecule has 1 unspecified atom stereocenters. The molecule has 0 radical (unpaired) electrons. The van der Waals surface area contributed by atoms with E-state index < -0.39 is 17.3 Å². The summed E-state index contributed by atoms with van der Waals surface area (Å²) in [7, 11) is 1.56. The Hall–Kier alpha value is -2.36. The highest BCUT2D eigenvalue weighted by atomic mass is 19.4. The lowest BCUT2D eigenvalue weighted by Crippen LogP contribution is -2.25. The van der Waals surface area contributed by atoms with Crippen LogP contribution in [0.25, 0.3) is 11.6 Å². The van der Waals surface area contributed by atoms with Crippen LogP contribution in [0.4, 0.5) is 24.7 Å². The number of rotatable bonds is 0. The number of nitrogen functional groups attached to an aromatic ring is 1. The number of anilines is 2. The zero-order chi connectivity index (χ0) is 19.8. The van der Waals surface area contributed by atoms with Crippen molar-refractivity contribution in [2.75, 3.05) is 24.2 Å². The fourth-order valence-electron chi connectivity index (χ4n) is 3.11. The van der Waals surface area contributed by atoms with E-state index in [9.17, 15) is 18.3 Å². The van der Waals surface area contributed by atoms with E-state index in [0.717, 1.165) is 25.3 Å². The third-order valence-corrected chi connectivity index (χ3v) is 4.69. The highest BCUT2D eigenvalue weighted by Gasteiger charge is 2.37. The average Bonchev–Trinajstić information content (AvgIpc) is 3.06. The number of nitrogens with two attached hydrogens (primary N) is 1. The van der Waals surface area contributed by atoms with Gasteiger partial charge in [-0.2, -0.15) is 13.2 Å². The summed E-state index contributed by atoms with van der Waals surface area (Å²) in [6.07, 6.45) is -1.08. The van der Waals surface area contributed by atoms with Gasteiger partial charge in [0.15, 0.2) is 5.69 Å². The van der Waals surface area contributed by atoms with Crippen molar-refractivity contribution in [3.63, 3.8) is 0 Å². The van der Waals surface area contributed by atoms with Gasteiger partial charge in [0.1, 0.15) is 17.0 Å². The first kappa shape index (κ1) is 19.4. The Bertz CT molecular complexity index is 819. The van der Waals surface area contributed by atoms with Crippen LogP contribution in [0, 0.1) is 0 Å². The molecular weight excluding hydrogens is 363 g/mol. The molecule has 3 N–H and O–H groups in total. The Labute approximate surface area is 154 Å². The van der Waals surface area contributed by atoms with Crippen molar-refractivity contribution in [1.29, 1.82) is 0 Å². The molecule has 7 nitrogen and oxygen atoms in total. The smallest absolute Gasteiger partial charge is 0.416 e. The lowest BCUT2D eigenvalue weighted by molar-refractivity contribution is -0.137. The summed E-state index contributed by atoms with van der Waals surface area (Å²) in [6.45, 7) is 1.98. The molecule has 0 fully saturated rings. The van der Waals surface area contributed by atoms with Crippen LogP contribution >= 0.6 is 0 Å². The van der Waals surface area contributed by atoms with Gasteiger partial charge in [0.2, 0.25) is 5.89 Å². The van der Waals surface area contributed by atoms with Gasteiger partial charge in [0.05, 0.1) is 5.69 Å². The van der Waals surface area contributed by atoms with Crippen molar-refractivity contribution in [2.24, 2.45) is 0 Å². The monoisotopic (exact) mass is 385 g/mol. The van der Waals surface area contributed by atoms with Crippen LogP contribution in [-0.4, -0.2) is 33.9 Å². The summed E-state index contributed by atoms with van der Waals surface area (Å²) < 4.78 is 45.9. The zero-order valence-electron chi connectivity index (χ0n) is 15.2. The number of aliphatic hydroxyl groups is 1. The van der Waals surface area contributed by atoms with Gasteiger partial charge in [-0.1, -0.05) is 19.3 Å². The molecule has 1 aliphatic rings. The summed E-state index contributed by atoms with van der Waals surface area (Å²) in [4.78, 5) is 5.57. The third kappa shape index (κ3) is 4.00. The fraction of sp³-hybridized carbons (Fsp3) is 0.588. The molecular formula is C17H22F3N5O2. The standard InChI is InChI=1S/C17H22F3N5O2/c1-16(26)7-5-3-4-6-8-25(2)13-10(17(18,19)20)9-11(21)12(22-13)14-23-24-15(16)27-14/h9,26H,3-8,21H2,1-2H3. The Morgan fingerprint density at radius 2 is 1.93 bits per heavy atom. The highest BCUT2D eigenvalue weighted by Crippen LogP contribution is 2.40. The van der Waals surface area contributed by atoms with Crippen molar-refractivity contribution in [2.45, 2.75) is 50.8 Å². The molecule has 3 rings (SSSR count). The van der Waals surface area contributed by atoms with Crippen LogP contribution in [0.1, 0.15) is 50.5 Å². The van der Waals surface area contributed by atoms with Crippen LogP contribution in [0.2, 0.25) is 0 Å². The van der Waals surface area contributed by atoms with Gasteiger partial charge in [0, 0.05) is 13.6 Å². The topological polar surface area (TPSA) is 101 Å². The van der Waals surface area contributed by atoms with Gasteiger partial charge in [0.25, 0.3) is 5.89 Å². The molecule has 0 spiro atoms. The molecule has 0 aromatic carbocycles. The Morgan fingerprint density at radius 3 is 2.63 bits per heavy atom. The maximum atomic E-state index is 13.5. The van der Waals surface area contributed by atoms with Gasteiger partial charge in [-0.25, -0.2) is 4.98 Å². The molecule has 2 aromatic rings. The Kier molecular flexibility index (Phi) is 5.02. The van der Waals surface area contributed by atoms with Crippen molar-refractivity contribution in [3.05, 3.63) is 17.5 Å². The lowest BCUT2D eigenvalue weighted by atomic mass is 9.98. The van der Waals surface area contributed by atoms with Gasteiger partial charge < -0.3 is 20.2 Å². The molecule has 4 bridgehead atoms. The minimum Gasteiger partial charge on any atom is -0.416 e. The van der Waals surface area contributed by atoms with E-state index in [4.69, 9.17) is 10.2 Å². The number of hydrogen-bond acceptors (Lipinski definition) is 7. The van der Waals surface area contributed by atoms with Crippen molar-refractivity contribution < 1.29 is 22.7 Å². The lowest BCUT2D eigenvalue weighted by Gasteiger charge is -2.24. The first-order chi connectivity index (χ1) is 12.6. The first-order valence-corrected chi connectivity index (χ1v) is 8.75. The maximum Gasteiger partial charge on any atom is 0.420 e. The summed E-state index contributed by atoms with van der Waals surface area (Å²) in [5.74, 6) is -0.371. The number of fused-ring (bicyclic) bond motifs is 5. The normalized spacial score (nSPS) is 21.8. The summed E-state index contributed by atoms with van der Waals surface area (Å²) in [6, 6.07) is 0.835. The van der Waals surface area contributed by atoms with Gasteiger partial charge in [-0.15, -0.1) is 10.2 Å². The second-order valence-electron chi connectivity index (χ2n) is 7.07. The number of pyridine rings is 1. The van der Waals surface area contributed by atoms with Gasteiger partial charge in [-0.3, -0.25) is 0 Å². The number of hydrogen-bond donors (Lipinski definition) is 2. The molecule has 1 atom stereocenters. The van der Waals surface area contributed by atoms with Crippen LogP contribution < -0.4 is 10.6 Å². The molecule has 10 heteroatoms. The van der Waals surface area contributed by atoms with E-state index in [1.807, 2.05) is 0 Å². The molecule has 148 valence electrons. The number of halogens is 3. The van der Waals surface area contributed by atoms with E-state index in [1.54, 1.807) is 14.0 Å². The van der Waals surface area contributed by atoms with Crippen molar-refractivity contribution in [1.82, 2.24) is 15.2 Å². The van der Waals surface area contributed by atoms with E-state index in [0.29, 0.717) is 19.4 Å². The molecule has 1 aliphatic heterocycles. The number of aromatic nitrogens is 3. The van der Waals surface area contributed by atoms with Crippen molar-refractivity contribution in [3.8, 4) is 11.6 Å². The first-order valence-electron chi connectivity index (χ1n) is 8.75. The third-order valence-electron chi connectivity index (χ3n) is 4.69. The minimum absolute atomic E-state index is 0.00874. The molecule has 2 aromatic heterocycles. The van der Waals surface area contributed by atoms with E-state index in [-0.39, 0.29) is 29.0 Å². The average molecular weight is 385 g/mol. The van der Waals surface area contributed by atoms with Crippen LogP contribution in [0.5, 0.6) is 0 Å². The van der Waals surface area contributed by atoms with Crippen molar-refractivity contribution >= 4 is 11.5 Å². The van der Waals surface area contributed by atoms with E-state index >= 15 is 0 Å². The highest BCUT2D eigenvalue weighted by molar-refractivity contribution is 5.71. The maximum absolute atomic E-state index is 13.5. The molecule has 0 aliphatic carbocycles. The largest absolute Gasteiger partial charge is 0.420 e. The quantitative estimate of drug-likeness (QED) is 0.717. The van der Waals surface area contributed by atoms with Crippen LogP contribution in [-0.2, 0) is 11.8 Å². The Morgan fingerprint density at radius 1 is 1.22 bits per heavy atom. The predicted octanol–water partition coefficient (Wildman–Crippen LogP) is 3.34. The van der Waals surface area contributed by atoms with Crippen LogP contribution in [0.3, 0.4) is 0 Å². The number of nitrogens with zero attached hydrogens (tertiary/aromatic N) is 4. The molecule has 0 saturated carbocycles. The summed E-state index contributed by atoms with van der Waals surface area (Å²) in [5.41, 5.74) is 3.32. The molecule has 27 heavy (non-hydrogen) atoms. The van der Waals surface area contributed by atoms with E-state index in [1.165, 1.54) is 4.90 Å². The molecule has 3 heterocycles. The molecule has 0 saturated heterocycles. The number of alkyl halides is 3.